The number of nitrogens with one attached hydrogen (secondary N) is 1. The molecule has 0 radical (unpaired) electrons. The summed E-state index contributed by atoms with van der Waals surface area (Å²) >= 11 is 0. The molecule has 0 aliphatic rings. The fourth-order valence-corrected chi connectivity index (χ4v) is 0.229. The van der Waals surface area contributed by atoms with E-state index < -0.39 is 0 Å². The minimum absolute atomic E-state index is 0.819. The maximum Gasteiger partial charge on any atom is 0.0409 e. The van der Waals surface area contributed by atoms with Crippen LogP contribution in [-0.4, -0.2) is 12.9 Å². The fraction of sp³-hybridized carbons (Fsp3) is 0.500. The molecule has 2 nitrogen and oxygen atoms in total. The van der Waals surface area contributed by atoms with Crippen molar-refractivity contribution in [3.05, 3.63) is 11.3 Å². The van der Waals surface area contributed by atoms with Crippen LogP contribution in [0.2, 0.25) is 0 Å². The van der Waals surface area contributed by atoms with Crippen LogP contribution in [0.3, 0.4) is 0 Å². The van der Waals surface area contributed by atoms with Crippen molar-refractivity contribution in [1.29, 1.82) is 5.41 Å². The molecule has 0 aromatic heterocycles. The van der Waals surface area contributed by atoms with Crippen LogP contribution in [0, 0.1) is 5.41 Å². The molecule has 0 aliphatic carbocycles. The van der Waals surface area contributed by atoms with Crippen LogP contribution >= 0.6 is 0 Å². The summed E-state index contributed by atoms with van der Waals surface area (Å²) in [5.74, 6) is 0. The summed E-state index contributed by atoms with van der Waals surface area (Å²) in [4.78, 5) is 3.64. The summed E-state index contributed by atoms with van der Waals surface area (Å²) in [6.07, 6.45) is 1.27. The zero-order valence-electron chi connectivity index (χ0n) is 7.23. The lowest BCUT2D eigenvalue weighted by molar-refractivity contribution is 1.27. The van der Waals surface area contributed by atoms with Crippen LogP contribution in [0.4, 0.5) is 0 Å². The monoisotopic (exact) mass is 140 g/mol. The summed E-state index contributed by atoms with van der Waals surface area (Å²) in [6, 6.07) is 0. The molecule has 0 saturated heterocycles. The molecule has 0 amide bonds. The second-order valence-corrected chi connectivity index (χ2v) is 1.57. The highest BCUT2D eigenvalue weighted by Crippen LogP contribution is 1.98. The molecule has 0 spiro atoms. The largest absolute Gasteiger partial charge is 0.308 e. The predicted molar refractivity (Wildman–Crippen MR) is 48.1 cm³/mol. The van der Waals surface area contributed by atoms with Crippen LogP contribution < -0.4 is 0 Å². The van der Waals surface area contributed by atoms with E-state index in [0.717, 1.165) is 11.3 Å². The molecule has 0 atom stereocenters. The minimum atomic E-state index is 0.819. The van der Waals surface area contributed by atoms with Gasteiger partial charge in [-0.05, 0) is 26.1 Å². The van der Waals surface area contributed by atoms with Crippen molar-refractivity contribution < 1.29 is 0 Å². The Morgan fingerprint density at radius 3 is 1.90 bits per heavy atom. The Labute approximate surface area is 63.2 Å². The Balaban J connectivity index is 0. The molecule has 0 aromatic carbocycles. The highest BCUT2D eigenvalue weighted by atomic mass is 14.7. The van der Waals surface area contributed by atoms with Crippen LogP contribution in [0.25, 0.3) is 0 Å². The number of allylic oxidation sites excluding steroid dienone is 2. The van der Waals surface area contributed by atoms with Gasteiger partial charge in [-0.25, -0.2) is 0 Å². The van der Waals surface area contributed by atoms with Crippen molar-refractivity contribution in [2.24, 2.45) is 4.99 Å². The molecule has 0 saturated carbocycles. The Morgan fingerprint density at radius 2 is 1.80 bits per heavy atom. The molecule has 10 heavy (non-hydrogen) atoms. The van der Waals surface area contributed by atoms with Crippen LogP contribution in [0.1, 0.15) is 27.7 Å². The summed E-state index contributed by atoms with van der Waals surface area (Å²) in [5.41, 5.74) is 1.68. The molecule has 58 valence electrons. The number of nitrogens with zero attached hydrogens (tertiary/aromatic N) is 1. The normalized spacial score (nSPS) is 10.4. The first-order chi connectivity index (χ1) is 4.72. The third-order valence-electron chi connectivity index (χ3n) is 1.02. The topological polar surface area (TPSA) is 36.2 Å². The van der Waals surface area contributed by atoms with Crippen molar-refractivity contribution in [2.75, 3.05) is 0 Å². The molecule has 0 bridgehead atoms. The van der Waals surface area contributed by atoms with E-state index >= 15 is 0 Å². The Kier molecular flexibility index (Phi) is 9.56. The van der Waals surface area contributed by atoms with Gasteiger partial charge < -0.3 is 5.41 Å². The molecule has 0 unspecified atom stereocenters. The molecule has 1 N–H and O–H groups in total. The van der Waals surface area contributed by atoms with Gasteiger partial charge >= 0.3 is 0 Å². The fourth-order valence-electron chi connectivity index (χ4n) is 0.229. The number of hydrogen-bond donors (Lipinski definition) is 1. The molecule has 0 aliphatic heterocycles. The van der Waals surface area contributed by atoms with Gasteiger partial charge in [0, 0.05) is 11.9 Å². The second-order valence-electron chi connectivity index (χ2n) is 1.57. The van der Waals surface area contributed by atoms with Gasteiger partial charge in [0.05, 0.1) is 0 Å². The first kappa shape index (κ1) is 11.8. The van der Waals surface area contributed by atoms with Crippen molar-refractivity contribution >= 4 is 12.9 Å². The third-order valence-corrected chi connectivity index (χ3v) is 1.02. The average molecular weight is 140 g/mol. The van der Waals surface area contributed by atoms with Gasteiger partial charge in [0.1, 0.15) is 0 Å². The van der Waals surface area contributed by atoms with Crippen LogP contribution in [-0.2, 0) is 0 Å². The summed E-state index contributed by atoms with van der Waals surface area (Å²) in [7, 11) is 0. The Morgan fingerprint density at radius 1 is 1.40 bits per heavy atom. The highest BCUT2D eigenvalue weighted by molar-refractivity contribution is 5.75. The highest BCUT2D eigenvalue weighted by Gasteiger charge is 1.85. The maximum atomic E-state index is 6.77. The van der Waals surface area contributed by atoms with Gasteiger partial charge in [0.2, 0.25) is 0 Å². The standard InChI is InChI=1S/C6H10N2.C2H6/c1-5(4-7)6(2)8-3;1-2/h4,7H,3H2,1-2H3;1-2H3/b6-5-,7-4?;. The third kappa shape index (κ3) is 5.22. The Hall–Kier alpha value is -0.920. The molecular weight excluding hydrogens is 124 g/mol. The lowest BCUT2D eigenvalue weighted by Gasteiger charge is -1.90. The van der Waals surface area contributed by atoms with Crippen molar-refractivity contribution in [1.82, 2.24) is 0 Å². The smallest absolute Gasteiger partial charge is 0.0409 e. The zero-order chi connectivity index (χ0) is 8.57. The van der Waals surface area contributed by atoms with Gasteiger partial charge in [-0.15, -0.1) is 0 Å². The second kappa shape index (κ2) is 8.08. The molecule has 0 aromatic rings. The van der Waals surface area contributed by atoms with E-state index in [1.54, 1.807) is 0 Å². The van der Waals surface area contributed by atoms with Crippen LogP contribution in [0.15, 0.2) is 16.3 Å². The zero-order valence-corrected chi connectivity index (χ0v) is 7.23. The molecule has 0 rings (SSSR count). The van der Waals surface area contributed by atoms with Gasteiger partial charge in [-0.2, -0.15) is 0 Å². The summed E-state index contributed by atoms with van der Waals surface area (Å²) in [5, 5.41) is 6.77. The van der Waals surface area contributed by atoms with Gasteiger partial charge in [-0.3, -0.25) is 4.99 Å². The lowest BCUT2D eigenvalue weighted by Crippen LogP contribution is -1.78. The predicted octanol–water partition coefficient (Wildman–Crippen LogP) is 2.66. The molecule has 0 fully saturated rings. The molecular formula is C8H16N2. The van der Waals surface area contributed by atoms with E-state index in [1.165, 1.54) is 6.21 Å². The molecule has 2 heteroatoms. The number of aliphatic imine (C=N–C) groups is 1. The van der Waals surface area contributed by atoms with E-state index in [0.29, 0.717) is 0 Å². The number of rotatable bonds is 2. The van der Waals surface area contributed by atoms with Gasteiger partial charge in [-0.1, -0.05) is 13.8 Å². The molecule has 0 heterocycles. The Bertz CT molecular complexity index is 118. The van der Waals surface area contributed by atoms with E-state index in [-0.39, 0.29) is 0 Å². The average Bonchev–Trinajstić information content (AvgIpc) is 2.05. The number of hydrogen-bond acceptors (Lipinski definition) is 2. The quantitative estimate of drug-likeness (QED) is 0.572. The van der Waals surface area contributed by atoms with Crippen LogP contribution in [0.5, 0.6) is 0 Å². The van der Waals surface area contributed by atoms with E-state index in [9.17, 15) is 0 Å². The first-order valence-electron chi connectivity index (χ1n) is 3.37. The van der Waals surface area contributed by atoms with E-state index in [1.807, 2.05) is 27.7 Å². The van der Waals surface area contributed by atoms with E-state index in [2.05, 4.69) is 11.7 Å². The summed E-state index contributed by atoms with van der Waals surface area (Å²) < 4.78 is 0. The van der Waals surface area contributed by atoms with E-state index in [4.69, 9.17) is 5.41 Å². The first-order valence-corrected chi connectivity index (χ1v) is 3.37. The van der Waals surface area contributed by atoms with Gasteiger partial charge in [0.15, 0.2) is 0 Å². The minimum Gasteiger partial charge on any atom is -0.308 e. The SMILES string of the molecule is C=N/C(C)=C(/C)C=N.CC. The van der Waals surface area contributed by atoms with Gasteiger partial charge in [0.25, 0.3) is 0 Å². The van der Waals surface area contributed by atoms with Crippen molar-refractivity contribution in [2.45, 2.75) is 27.7 Å². The van der Waals surface area contributed by atoms with Crippen molar-refractivity contribution in [3.63, 3.8) is 0 Å². The summed E-state index contributed by atoms with van der Waals surface area (Å²) in [6.45, 7) is 11.0. The van der Waals surface area contributed by atoms with Crippen molar-refractivity contribution in [3.8, 4) is 0 Å². The lowest BCUT2D eigenvalue weighted by atomic mass is 10.3. The maximum absolute atomic E-state index is 6.77.